The summed E-state index contributed by atoms with van der Waals surface area (Å²) in [5.74, 6) is 0.327. The number of aromatic nitrogens is 1. The largest absolute Gasteiger partial charge is 0.393 e. The molecule has 1 fully saturated rings. The van der Waals surface area contributed by atoms with Crippen molar-refractivity contribution in [3.63, 3.8) is 0 Å². The smallest absolute Gasteiger partial charge is 0.317 e. The number of pyridine rings is 1. The average molecular weight is 291 g/mol. The van der Waals surface area contributed by atoms with E-state index < -0.39 is 0 Å². The maximum Gasteiger partial charge on any atom is 0.317 e. The van der Waals surface area contributed by atoms with Crippen LogP contribution in [-0.4, -0.2) is 46.8 Å². The second-order valence-electron chi connectivity index (χ2n) is 5.85. The van der Waals surface area contributed by atoms with Crippen molar-refractivity contribution >= 4 is 6.03 Å². The van der Waals surface area contributed by atoms with Crippen molar-refractivity contribution in [2.24, 2.45) is 5.92 Å². The number of carbonyl (C=O) groups is 1. The Morgan fingerprint density at radius 3 is 2.76 bits per heavy atom. The minimum Gasteiger partial charge on any atom is -0.393 e. The predicted octanol–water partition coefficient (Wildman–Crippen LogP) is 1.73. The Balaban J connectivity index is 1.69. The molecule has 1 saturated heterocycles. The summed E-state index contributed by atoms with van der Waals surface area (Å²) in [5, 5.41) is 12.5. The van der Waals surface area contributed by atoms with Gasteiger partial charge in [0, 0.05) is 31.5 Å². The molecule has 1 aromatic heterocycles. The lowest BCUT2D eigenvalue weighted by atomic mass is 9.92. The minimum absolute atomic E-state index is 0.000821. The van der Waals surface area contributed by atoms with E-state index in [1.807, 2.05) is 37.1 Å². The molecular formula is C16H25N3O2. The molecule has 0 aliphatic carbocycles. The van der Waals surface area contributed by atoms with E-state index >= 15 is 0 Å². The number of likely N-dealkylation sites (tertiary alicyclic amines) is 1. The zero-order valence-electron chi connectivity index (χ0n) is 12.9. The van der Waals surface area contributed by atoms with Crippen LogP contribution in [-0.2, 0) is 6.42 Å². The van der Waals surface area contributed by atoms with Gasteiger partial charge in [-0.1, -0.05) is 6.07 Å². The van der Waals surface area contributed by atoms with Gasteiger partial charge in [-0.05, 0) is 50.7 Å². The highest BCUT2D eigenvalue weighted by Gasteiger charge is 2.25. The molecule has 2 rings (SSSR count). The molecule has 21 heavy (non-hydrogen) atoms. The normalized spacial score (nSPS) is 17.6. The van der Waals surface area contributed by atoms with Gasteiger partial charge < -0.3 is 15.3 Å². The van der Waals surface area contributed by atoms with Gasteiger partial charge in [0.2, 0.25) is 0 Å². The Morgan fingerprint density at radius 1 is 1.48 bits per heavy atom. The van der Waals surface area contributed by atoms with Crippen LogP contribution in [0.3, 0.4) is 0 Å². The summed E-state index contributed by atoms with van der Waals surface area (Å²) in [5.41, 5.74) is 2.14. The standard InChI is InChI=1S/C16H25N3O2/c1-12-3-4-14(11-18-12)5-8-17-16(21)19-9-6-15(7-10-19)13(2)20/h3-4,11,13,15,20H,5-10H2,1-2H3,(H,17,21). The first-order chi connectivity index (χ1) is 10.1. The van der Waals surface area contributed by atoms with Crippen LogP contribution in [0.15, 0.2) is 18.3 Å². The van der Waals surface area contributed by atoms with E-state index in [1.165, 1.54) is 0 Å². The van der Waals surface area contributed by atoms with Crippen molar-refractivity contribution in [2.45, 2.75) is 39.2 Å². The molecule has 5 heteroatoms. The molecule has 0 radical (unpaired) electrons. The minimum atomic E-state index is -0.274. The van der Waals surface area contributed by atoms with Crippen LogP contribution in [0.4, 0.5) is 4.79 Å². The molecule has 5 nitrogen and oxygen atoms in total. The molecule has 116 valence electrons. The average Bonchev–Trinajstić information content (AvgIpc) is 2.49. The van der Waals surface area contributed by atoms with Gasteiger partial charge in [-0.2, -0.15) is 0 Å². The third-order valence-corrected chi connectivity index (χ3v) is 4.17. The van der Waals surface area contributed by atoms with Crippen LogP contribution in [0, 0.1) is 12.8 Å². The van der Waals surface area contributed by atoms with Gasteiger partial charge >= 0.3 is 6.03 Å². The molecule has 1 aliphatic rings. The second-order valence-corrected chi connectivity index (χ2v) is 5.85. The zero-order chi connectivity index (χ0) is 15.2. The van der Waals surface area contributed by atoms with Crippen LogP contribution < -0.4 is 5.32 Å². The van der Waals surface area contributed by atoms with E-state index in [0.717, 1.165) is 43.6 Å². The van der Waals surface area contributed by atoms with E-state index in [9.17, 15) is 9.90 Å². The van der Waals surface area contributed by atoms with Crippen molar-refractivity contribution < 1.29 is 9.90 Å². The Kier molecular flexibility index (Phi) is 5.56. The summed E-state index contributed by atoms with van der Waals surface area (Å²) in [6, 6.07) is 4.03. The number of urea groups is 1. The second kappa shape index (κ2) is 7.41. The molecule has 0 aromatic carbocycles. The van der Waals surface area contributed by atoms with Crippen molar-refractivity contribution in [3.8, 4) is 0 Å². The highest BCUT2D eigenvalue weighted by atomic mass is 16.3. The summed E-state index contributed by atoms with van der Waals surface area (Å²) >= 11 is 0. The Labute approximate surface area is 126 Å². The number of nitrogens with zero attached hydrogens (tertiary/aromatic N) is 2. The Hall–Kier alpha value is -1.62. The van der Waals surface area contributed by atoms with Gasteiger partial charge in [0.15, 0.2) is 0 Å². The van der Waals surface area contributed by atoms with Crippen LogP contribution in [0.1, 0.15) is 31.0 Å². The fraction of sp³-hybridized carbons (Fsp3) is 0.625. The Bertz CT molecular complexity index is 451. The highest BCUT2D eigenvalue weighted by Crippen LogP contribution is 2.20. The number of hydrogen-bond donors (Lipinski definition) is 2. The van der Waals surface area contributed by atoms with Crippen LogP contribution in [0.25, 0.3) is 0 Å². The maximum absolute atomic E-state index is 12.1. The first-order valence-electron chi connectivity index (χ1n) is 7.68. The van der Waals surface area contributed by atoms with E-state index in [2.05, 4.69) is 10.3 Å². The van der Waals surface area contributed by atoms with Gasteiger partial charge in [0.25, 0.3) is 0 Å². The molecule has 0 saturated carbocycles. The van der Waals surface area contributed by atoms with E-state index in [-0.39, 0.29) is 12.1 Å². The van der Waals surface area contributed by atoms with E-state index in [4.69, 9.17) is 0 Å². The quantitative estimate of drug-likeness (QED) is 0.888. The van der Waals surface area contributed by atoms with Gasteiger partial charge in [-0.25, -0.2) is 4.79 Å². The number of nitrogens with one attached hydrogen (secondary N) is 1. The molecule has 0 spiro atoms. The number of piperidine rings is 1. The topological polar surface area (TPSA) is 65.5 Å². The third kappa shape index (κ3) is 4.70. The summed E-state index contributed by atoms with van der Waals surface area (Å²) < 4.78 is 0. The van der Waals surface area contributed by atoms with Crippen molar-refractivity contribution in [2.75, 3.05) is 19.6 Å². The number of carbonyl (C=O) groups excluding carboxylic acids is 1. The molecule has 1 atom stereocenters. The molecule has 2 amide bonds. The number of amides is 2. The monoisotopic (exact) mass is 291 g/mol. The van der Waals surface area contributed by atoms with Gasteiger partial charge in [-0.15, -0.1) is 0 Å². The first kappa shape index (κ1) is 15.8. The number of aryl methyl sites for hydroxylation is 1. The number of rotatable bonds is 4. The fourth-order valence-electron chi connectivity index (χ4n) is 2.66. The van der Waals surface area contributed by atoms with Crippen LogP contribution in [0.2, 0.25) is 0 Å². The first-order valence-corrected chi connectivity index (χ1v) is 7.68. The molecule has 2 heterocycles. The molecule has 2 N–H and O–H groups in total. The SMILES string of the molecule is Cc1ccc(CCNC(=O)N2CCC(C(C)O)CC2)cn1. The molecule has 0 bridgehead atoms. The summed E-state index contributed by atoms with van der Waals surface area (Å²) in [6.45, 7) is 5.87. The van der Waals surface area contributed by atoms with Crippen LogP contribution >= 0.6 is 0 Å². The van der Waals surface area contributed by atoms with Crippen molar-refractivity contribution in [3.05, 3.63) is 29.6 Å². The van der Waals surface area contributed by atoms with Crippen molar-refractivity contribution in [1.82, 2.24) is 15.2 Å². The predicted molar refractivity (Wildman–Crippen MR) is 82.1 cm³/mol. The number of aliphatic hydroxyl groups is 1. The summed E-state index contributed by atoms with van der Waals surface area (Å²) in [4.78, 5) is 18.1. The van der Waals surface area contributed by atoms with Gasteiger partial charge in [-0.3, -0.25) is 4.98 Å². The van der Waals surface area contributed by atoms with Gasteiger partial charge in [0.1, 0.15) is 0 Å². The zero-order valence-corrected chi connectivity index (χ0v) is 12.9. The lowest BCUT2D eigenvalue weighted by Crippen LogP contribution is -2.46. The van der Waals surface area contributed by atoms with Crippen LogP contribution in [0.5, 0.6) is 0 Å². The number of hydrogen-bond acceptors (Lipinski definition) is 3. The Morgan fingerprint density at radius 2 is 2.19 bits per heavy atom. The molecular weight excluding hydrogens is 266 g/mol. The lowest BCUT2D eigenvalue weighted by molar-refractivity contribution is 0.0799. The number of aliphatic hydroxyl groups excluding tert-OH is 1. The fourth-order valence-corrected chi connectivity index (χ4v) is 2.66. The van der Waals surface area contributed by atoms with E-state index in [1.54, 1.807) is 0 Å². The van der Waals surface area contributed by atoms with Gasteiger partial charge in [0.05, 0.1) is 6.10 Å². The summed E-state index contributed by atoms with van der Waals surface area (Å²) in [6.07, 6.45) is 4.14. The third-order valence-electron chi connectivity index (χ3n) is 4.17. The molecule has 1 aromatic rings. The highest BCUT2D eigenvalue weighted by molar-refractivity contribution is 5.74. The van der Waals surface area contributed by atoms with Crippen molar-refractivity contribution in [1.29, 1.82) is 0 Å². The maximum atomic E-state index is 12.1. The van der Waals surface area contributed by atoms with E-state index in [0.29, 0.717) is 12.5 Å². The summed E-state index contributed by atoms with van der Waals surface area (Å²) in [7, 11) is 0. The lowest BCUT2D eigenvalue weighted by Gasteiger charge is -2.33. The molecule has 1 aliphatic heterocycles. The molecule has 1 unspecified atom stereocenters.